The predicted octanol–water partition coefficient (Wildman–Crippen LogP) is 6.09. The third kappa shape index (κ3) is 9.82. The number of carbonyl (C=O) groups excluding carboxylic acids is 2. The maximum absolute atomic E-state index is 14.0. The molecule has 1 N–H and O–H groups in total. The first-order valence-electron chi connectivity index (χ1n) is 15.2. The highest BCUT2D eigenvalue weighted by Gasteiger charge is 2.32. The molecule has 0 aromatic heterocycles. The number of rotatable bonds is 15. The summed E-state index contributed by atoms with van der Waals surface area (Å²) in [5.41, 5.74) is 2.37. The molecule has 0 radical (unpaired) electrons. The van der Waals surface area contributed by atoms with Gasteiger partial charge in [0.25, 0.3) is 0 Å². The minimum atomic E-state index is -3.60. The predicted molar refractivity (Wildman–Crippen MR) is 178 cm³/mol. The average Bonchev–Trinajstić information content (AvgIpc) is 3.51. The minimum absolute atomic E-state index is 0.0849. The maximum atomic E-state index is 14.0. The van der Waals surface area contributed by atoms with E-state index in [-0.39, 0.29) is 43.8 Å². The largest absolute Gasteiger partial charge is 0.494 e. The molecule has 1 atom stereocenters. The average molecular weight is 685 g/mol. The highest BCUT2D eigenvalue weighted by atomic mass is 79.9. The van der Waals surface area contributed by atoms with Crippen molar-refractivity contribution in [3.63, 3.8) is 0 Å². The van der Waals surface area contributed by atoms with E-state index in [9.17, 15) is 18.0 Å². The summed E-state index contributed by atoms with van der Waals surface area (Å²) < 4.78 is 33.2. The van der Waals surface area contributed by atoms with Crippen molar-refractivity contribution in [3.8, 4) is 5.75 Å². The van der Waals surface area contributed by atoms with Gasteiger partial charge in [0.15, 0.2) is 0 Å². The molecule has 4 rings (SSSR count). The Morgan fingerprint density at radius 2 is 1.61 bits per heavy atom. The van der Waals surface area contributed by atoms with Gasteiger partial charge >= 0.3 is 0 Å². The van der Waals surface area contributed by atoms with Crippen LogP contribution in [0, 0.1) is 0 Å². The Morgan fingerprint density at radius 3 is 2.23 bits per heavy atom. The SMILES string of the molecule is CCOc1ccc(N(CCCC(=O)N(Cc2ccc(Br)cc2)[C@H](Cc2ccccc2)C(=O)NC2CCCC2)S(C)(=O)=O)cc1. The summed E-state index contributed by atoms with van der Waals surface area (Å²) in [4.78, 5) is 29.5. The van der Waals surface area contributed by atoms with Gasteiger partial charge in [0.1, 0.15) is 11.8 Å². The number of nitrogens with zero attached hydrogens (tertiary/aromatic N) is 2. The van der Waals surface area contributed by atoms with Gasteiger partial charge in [-0.3, -0.25) is 13.9 Å². The molecule has 236 valence electrons. The van der Waals surface area contributed by atoms with Crippen LogP contribution in [0.5, 0.6) is 5.75 Å². The number of halogens is 1. The van der Waals surface area contributed by atoms with E-state index in [1.807, 2.05) is 61.5 Å². The van der Waals surface area contributed by atoms with Crippen LogP contribution in [0.2, 0.25) is 0 Å². The van der Waals surface area contributed by atoms with Gasteiger partial charge in [-0.1, -0.05) is 71.2 Å². The number of benzene rings is 3. The highest BCUT2D eigenvalue weighted by Crippen LogP contribution is 2.24. The molecule has 0 aliphatic heterocycles. The first kappa shape index (κ1) is 33.5. The lowest BCUT2D eigenvalue weighted by Gasteiger charge is -2.33. The zero-order valence-corrected chi connectivity index (χ0v) is 27.9. The summed E-state index contributed by atoms with van der Waals surface area (Å²) in [5, 5.41) is 3.22. The van der Waals surface area contributed by atoms with Crippen LogP contribution < -0.4 is 14.4 Å². The number of ether oxygens (including phenoxy) is 1. The molecular weight excluding hydrogens is 642 g/mol. The van der Waals surface area contributed by atoms with Crippen LogP contribution in [-0.4, -0.2) is 56.6 Å². The molecule has 0 unspecified atom stereocenters. The lowest BCUT2D eigenvalue weighted by molar-refractivity contribution is -0.141. The van der Waals surface area contributed by atoms with Crippen molar-refractivity contribution in [3.05, 3.63) is 94.5 Å². The summed E-state index contributed by atoms with van der Waals surface area (Å²) in [6.45, 7) is 2.78. The third-order valence-electron chi connectivity index (χ3n) is 7.83. The minimum Gasteiger partial charge on any atom is -0.494 e. The number of amides is 2. The highest BCUT2D eigenvalue weighted by molar-refractivity contribution is 9.10. The Labute approximate surface area is 270 Å². The molecule has 10 heteroatoms. The second-order valence-electron chi connectivity index (χ2n) is 11.2. The van der Waals surface area contributed by atoms with Crippen molar-refractivity contribution < 1.29 is 22.7 Å². The monoisotopic (exact) mass is 683 g/mol. The van der Waals surface area contributed by atoms with Gasteiger partial charge in [0.2, 0.25) is 21.8 Å². The zero-order valence-electron chi connectivity index (χ0n) is 25.5. The van der Waals surface area contributed by atoms with Crippen molar-refractivity contribution in [1.29, 1.82) is 0 Å². The molecule has 0 spiro atoms. The van der Waals surface area contributed by atoms with Gasteiger partial charge in [0.05, 0.1) is 18.6 Å². The van der Waals surface area contributed by atoms with E-state index in [1.165, 1.54) is 4.31 Å². The molecule has 0 bridgehead atoms. The molecule has 1 aliphatic carbocycles. The van der Waals surface area contributed by atoms with E-state index in [1.54, 1.807) is 29.2 Å². The summed E-state index contributed by atoms with van der Waals surface area (Å²) in [6, 6.07) is 23.7. The molecule has 0 saturated heterocycles. The van der Waals surface area contributed by atoms with Crippen LogP contribution in [0.25, 0.3) is 0 Å². The molecule has 2 amide bonds. The number of hydrogen-bond donors (Lipinski definition) is 1. The molecular formula is C34H42BrN3O5S. The lowest BCUT2D eigenvalue weighted by Crippen LogP contribution is -2.52. The first-order chi connectivity index (χ1) is 21.1. The van der Waals surface area contributed by atoms with E-state index in [0.29, 0.717) is 24.5 Å². The number of sulfonamides is 1. The van der Waals surface area contributed by atoms with Crippen LogP contribution in [0.15, 0.2) is 83.3 Å². The summed E-state index contributed by atoms with van der Waals surface area (Å²) in [5.74, 6) is 0.303. The van der Waals surface area contributed by atoms with Gasteiger partial charge in [-0.15, -0.1) is 0 Å². The van der Waals surface area contributed by atoms with E-state index in [2.05, 4.69) is 21.2 Å². The van der Waals surface area contributed by atoms with E-state index < -0.39 is 16.1 Å². The quantitative estimate of drug-likeness (QED) is 0.209. The molecule has 44 heavy (non-hydrogen) atoms. The Morgan fingerprint density at radius 1 is 0.955 bits per heavy atom. The molecule has 3 aromatic carbocycles. The topological polar surface area (TPSA) is 96.0 Å². The van der Waals surface area contributed by atoms with Gasteiger partial charge in [0, 0.05) is 36.4 Å². The summed E-state index contributed by atoms with van der Waals surface area (Å²) in [7, 11) is -3.60. The standard InChI is InChI=1S/C34H42BrN3O5S/c1-3-43-31-21-19-30(20-22-31)38(44(2,41)42)23-9-14-33(39)37(25-27-15-17-28(35)18-16-27)32(24-26-10-5-4-6-11-26)34(40)36-29-12-7-8-13-29/h4-6,10-11,15-22,29,32H,3,7-9,12-14,23-25H2,1-2H3,(H,36,40)/t32-/m1/s1. The fraction of sp³-hybridized carbons (Fsp3) is 0.412. The van der Waals surface area contributed by atoms with Crippen LogP contribution >= 0.6 is 15.9 Å². The molecule has 1 fully saturated rings. The van der Waals surface area contributed by atoms with Crippen molar-refractivity contribution in [2.45, 2.75) is 70.5 Å². The van der Waals surface area contributed by atoms with Crippen LogP contribution in [-0.2, 0) is 32.6 Å². The number of anilines is 1. The summed E-state index contributed by atoms with van der Waals surface area (Å²) in [6.07, 6.45) is 5.97. The van der Waals surface area contributed by atoms with Gasteiger partial charge in [-0.05, 0) is 73.7 Å². The summed E-state index contributed by atoms with van der Waals surface area (Å²) >= 11 is 3.48. The zero-order chi connectivity index (χ0) is 31.5. The second kappa shape index (κ2) is 16.1. The van der Waals surface area contributed by atoms with Crippen LogP contribution in [0.4, 0.5) is 5.69 Å². The fourth-order valence-corrected chi connectivity index (χ4v) is 6.82. The Bertz CT molecular complexity index is 1460. The van der Waals surface area contributed by atoms with E-state index >= 15 is 0 Å². The third-order valence-corrected chi connectivity index (χ3v) is 9.55. The van der Waals surface area contributed by atoms with Crippen molar-refractivity contribution in [2.24, 2.45) is 0 Å². The normalized spacial score (nSPS) is 14.2. The number of hydrogen-bond acceptors (Lipinski definition) is 5. The molecule has 8 nitrogen and oxygen atoms in total. The molecule has 1 saturated carbocycles. The van der Waals surface area contributed by atoms with Gasteiger partial charge in [-0.25, -0.2) is 8.42 Å². The Balaban J connectivity index is 1.56. The molecule has 1 aliphatic rings. The Kier molecular flexibility index (Phi) is 12.3. The van der Waals surface area contributed by atoms with Crippen molar-refractivity contribution >= 4 is 43.5 Å². The number of nitrogens with one attached hydrogen (secondary N) is 1. The van der Waals surface area contributed by atoms with Crippen LogP contribution in [0.1, 0.15) is 56.6 Å². The molecule has 3 aromatic rings. The van der Waals surface area contributed by atoms with Gasteiger partial charge in [-0.2, -0.15) is 0 Å². The first-order valence-corrected chi connectivity index (χ1v) is 17.9. The Hall–Kier alpha value is -3.37. The van der Waals surface area contributed by atoms with E-state index in [0.717, 1.165) is 47.5 Å². The van der Waals surface area contributed by atoms with Crippen LogP contribution in [0.3, 0.4) is 0 Å². The molecule has 0 heterocycles. The van der Waals surface area contributed by atoms with Crippen molar-refractivity contribution in [2.75, 3.05) is 23.7 Å². The smallest absolute Gasteiger partial charge is 0.243 e. The number of carbonyl (C=O) groups is 2. The van der Waals surface area contributed by atoms with Gasteiger partial charge < -0.3 is 15.0 Å². The maximum Gasteiger partial charge on any atom is 0.243 e. The van der Waals surface area contributed by atoms with Crippen molar-refractivity contribution in [1.82, 2.24) is 10.2 Å². The fourth-order valence-electron chi connectivity index (χ4n) is 5.59. The van der Waals surface area contributed by atoms with E-state index in [4.69, 9.17) is 4.74 Å². The second-order valence-corrected chi connectivity index (χ2v) is 14.0. The lowest BCUT2D eigenvalue weighted by atomic mass is 10.0.